The van der Waals surface area contributed by atoms with Crippen LogP contribution in [0.15, 0.2) is 47.4 Å². The molecule has 1 amide bonds. The van der Waals surface area contributed by atoms with Crippen LogP contribution in [0.25, 0.3) is 0 Å². The maximum Gasteiger partial charge on any atom is 0.262 e. The molecule has 10 heteroatoms. The maximum absolute atomic E-state index is 12.8. The van der Waals surface area contributed by atoms with Crippen molar-refractivity contribution in [2.75, 3.05) is 23.3 Å². The Morgan fingerprint density at radius 3 is 2.44 bits per heavy atom. The summed E-state index contributed by atoms with van der Waals surface area (Å²) in [6.45, 7) is 0.819. The third-order valence-electron chi connectivity index (χ3n) is 6.18. The van der Waals surface area contributed by atoms with Gasteiger partial charge < -0.3 is 14.8 Å². The first-order chi connectivity index (χ1) is 15.5. The number of sulfonamides is 1. The zero-order chi connectivity index (χ0) is 22.1. The van der Waals surface area contributed by atoms with Gasteiger partial charge in [-0.1, -0.05) is 12.8 Å². The highest BCUT2D eigenvalue weighted by Gasteiger charge is 2.40. The molecule has 0 aromatic heterocycles. The van der Waals surface area contributed by atoms with Crippen LogP contribution in [0, 0.1) is 5.92 Å². The average Bonchev–Trinajstić information content (AvgIpc) is 3.24. The molecule has 170 valence electrons. The molecule has 5 rings (SSSR count). The average molecular weight is 459 g/mol. The Kier molecular flexibility index (Phi) is 5.66. The van der Waals surface area contributed by atoms with Gasteiger partial charge in [-0.2, -0.15) is 0 Å². The molecule has 3 aliphatic rings. The molecule has 2 aromatic carbocycles. The molecule has 0 spiro atoms. The van der Waals surface area contributed by atoms with E-state index >= 15 is 0 Å². The molecule has 1 saturated heterocycles. The van der Waals surface area contributed by atoms with Crippen molar-refractivity contribution in [2.45, 2.75) is 42.7 Å². The Balaban J connectivity index is 1.23. The van der Waals surface area contributed by atoms with Crippen LogP contribution in [0.5, 0.6) is 11.5 Å². The summed E-state index contributed by atoms with van der Waals surface area (Å²) >= 11 is 0. The van der Waals surface area contributed by atoms with Crippen LogP contribution >= 0.6 is 0 Å². The fraction of sp³-hybridized carbons (Fsp3) is 0.409. The lowest BCUT2D eigenvalue weighted by atomic mass is 9.81. The van der Waals surface area contributed by atoms with Crippen molar-refractivity contribution in [3.8, 4) is 11.5 Å². The third kappa shape index (κ3) is 4.25. The number of carbonyl (C=O) groups is 1. The van der Waals surface area contributed by atoms with Crippen molar-refractivity contribution in [3.63, 3.8) is 0 Å². The minimum Gasteiger partial charge on any atom is -0.486 e. The van der Waals surface area contributed by atoms with Crippen molar-refractivity contribution in [3.05, 3.63) is 42.5 Å². The minimum atomic E-state index is -3.80. The number of rotatable bonds is 5. The quantitative estimate of drug-likeness (QED) is 0.543. The van der Waals surface area contributed by atoms with Gasteiger partial charge in [-0.3, -0.25) is 14.9 Å². The topological polar surface area (TPSA) is 118 Å². The number of amides is 1. The summed E-state index contributed by atoms with van der Waals surface area (Å²) < 4.78 is 39.0. The summed E-state index contributed by atoms with van der Waals surface area (Å²) in [7, 11) is -3.80. The molecule has 2 aromatic rings. The van der Waals surface area contributed by atoms with E-state index in [0.29, 0.717) is 48.0 Å². The molecule has 2 aliphatic heterocycles. The first-order valence-electron chi connectivity index (χ1n) is 10.8. The monoisotopic (exact) mass is 458 g/mol. The predicted octanol–water partition coefficient (Wildman–Crippen LogP) is 2.23. The Labute approximate surface area is 186 Å². The molecule has 2 heterocycles. The minimum absolute atomic E-state index is 0.0842. The van der Waals surface area contributed by atoms with Gasteiger partial charge in [-0.15, -0.1) is 0 Å². The number of carbonyl (C=O) groups excluding carboxylic acids is 1. The van der Waals surface area contributed by atoms with E-state index in [-0.39, 0.29) is 16.8 Å². The normalized spacial score (nSPS) is 24.4. The van der Waals surface area contributed by atoms with E-state index in [1.165, 1.54) is 18.6 Å². The smallest absolute Gasteiger partial charge is 0.262 e. The van der Waals surface area contributed by atoms with Gasteiger partial charge in [0.15, 0.2) is 11.5 Å². The Hall–Kier alpha value is -2.82. The lowest BCUT2D eigenvalue weighted by molar-refractivity contribution is -0.118. The number of hydrogen-bond donors (Lipinski definition) is 4. The highest BCUT2D eigenvalue weighted by molar-refractivity contribution is 7.92. The van der Waals surface area contributed by atoms with Crippen molar-refractivity contribution in [2.24, 2.45) is 5.92 Å². The summed E-state index contributed by atoms with van der Waals surface area (Å²) in [6.07, 6.45) is 4.45. The molecule has 0 radical (unpaired) electrons. The SMILES string of the molecule is O=C(Nc1ccc(NS(=O)(=O)c2ccc3c(c2)OCCO3)cc1)C1NNC2CCCCC21. The van der Waals surface area contributed by atoms with Gasteiger partial charge >= 0.3 is 0 Å². The lowest BCUT2D eigenvalue weighted by Crippen LogP contribution is -2.42. The molecule has 0 bridgehead atoms. The number of nitrogens with one attached hydrogen (secondary N) is 4. The van der Waals surface area contributed by atoms with E-state index in [4.69, 9.17) is 9.47 Å². The molecule has 32 heavy (non-hydrogen) atoms. The molecule has 1 aliphatic carbocycles. The molecule has 3 atom stereocenters. The van der Waals surface area contributed by atoms with Crippen molar-refractivity contribution >= 4 is 27.3 Å². The molecule has 2 fully saturated rings. The predicted molar refractivity (Wildman–Crippen MR) is 119 cm³/mol. The summed E-state index contributed by atoms with van der Waals surface area (Å²) in [6, 6.07) is 11.2. The van der Waals surface area contributed by atoms with Crippen molar-refractivity contribution in [1.29, 1.82) is 0 Å². The summed E-state index contributed by atoms with van der Waals surface area (Å²) in [5.41, 5.74) is 7.37. The Morgan fingerprint density at radius 1 is 0.906 bits per heavy atom. The fourth-order valence-corrected chi connectivity index (χ4v) is 5.62. The van der Waals surface area contributed by atoms with E-state index < -0.39 is 10.0 Å². The number of hydrogen-bond acceptors (Lipinski definition) is 7. The van der Waals surface area contributed by atoms with Gasteiger partial charge in [-0.25, -0.2) is 13.8 Å². The van der Waals surface area contributed by atoms with Gasteiger partial charge in [0.05, 0.1) is 4.90 Å². The number of benzene rings is 2. The molecule has 4 N–H and O–H groups in total. The van der Waals surface area contributed by atoms with Crippen LogP contribution in [0.1, 0.15) is 25.7 Å². The summed E-state index contributed by atoms with van der Waals surface area (Å²) in [5.74, 6) is 1.14. The fourth-order valence-electron chi connectivity index (χ4n) is 4.55. The van der Waals surface area contributed by atoms with Crippen LogP contribution in [-0.2, 0) is 14.8 Å². The van der Waals surface area contributed by atoms with Gasteiger partial charge in [0, 0.05) is 29.4 Å². The molecule has 3 unspecified atom stereocenters. The van der Waals surface area contributed by atoms with E-state index in [1.54, 1.807) is 30.3 Å². The van der Waals surface area contributed by atoms with Crippen LogP contribution < -0.4 is 30.4 Å². The summed E-state index contributed by atoms with van der Waals surface area (Å²) in [4.78, 5) is 12.8. The maximum atomic E-state index is 12.8. The second-order valence-corrected chi connectivity index (χ2v) is 9.98. The van der Waals surface area contributed by atoms with E-state index in [9.17, 15) is 13.2 Å². The van der Waals surface area contributed by atoms with E-state index in [0.717, 1.165) is 19.3 Å². The summed E-state index contributed by atoms with van der Waals surface area (Å²) in [5, 5.41) is 2.92. The van der Waals surface area contributed by atoms with Crippen LogP contribution in [0.4, 0.5) is 11.4 Å². The first kappa shape index (κ1) is 21.0. The highest BCUT2D eigenvalue weighted by atomic mass is 32.2. The number of anilines is 2. The lowest BCUT2D eigenvalue weighted by Gasteiger charge is -2.26. The highest BCUT2D eigenvalue weighted by Crippen LogP contribution is 2.33. The van der Waals surface area contributed by atoms with Crippen molar-refractivity contribution < 1.29 is 22.7 Å². The van der Waals surface area contributed by atoms with Gasteiger partial charge in [0.1, 0.15) is 19.3 Å². The second-order valence-electron chi connectivity index (χ2n) is 8.30. The second kappa shape index (κ2) is 8.61. The zero-order valence-corrected chi connectivity index (χ0v) is 18.3. The van der Waals surface area contributed by atoms with Crippen LogP contribution in [0.3, 0.4) is 0 Å². The van der Waals surface area contributed by atoms with Crippen molar-refractivity contribution in [1.82, 2.24) is 10.9 Å². The van der Waals surface area contributed by atoms with Gasteiger partial charge in [0.2, 0.25) is 5.91 Å². The van der Waals surface area contributed by atoms with Crippen LogP contribution in [0.2, 0.25) is 0 Å². The number of ether oxygens (including phenoxy) is 2. The van der Waals surface area contributed by atoms with E-state index in [2.05, 4.69) is 20.9 Å². The largest absolute Gasteiger partial charge is 0.486 e. The van der Waals surface area contributed by atoms with Gasteiger partial charge in [0.25, 0.3) is 10.0 Å². The third-order valence-corrected chi connectivity index (χ3v) is 7.56. The Bertz CT molecular complexity index is 1110. The standard InChI is InChI=1S/C22H26N4O5S/c27-22(21-17-3-1-2-4-18(17)24-25-21)23-14-5-7-15(8-6-14)26-32(28,29)16-9-10-19-20(13-16)31-12-11-30-19/h5-10,13,17-18,21,24-26H,1-4,11-12H2,(H,23,27). The Morgan fingerprint density at radius 2 is 1.62 bits per heavy atom. The first-order valence-corrected chi connectivity index (χ1v) is 12.3. The number of hydrazine groups is 1. The molecular formula is C22H26N4O5S. The van der Waals surface area contributed by atoms with E-state index in [1.807, 2.05) is 0 Å². The zero-order valence-electron chi connectivity index (χ0n) is 17.5. The molecule has 1 saturated carbocycles. The molecular weight excluding hydrogens is 432 g/mol. The van der Waals surface area contributed by atoms with Gasteiger partial charge in [-0.05, 0) is 49.2 Å². The molecule has 9 nitrogen and oxygen atoms in total. The number of fused-ring (bicyclic) bond motifs is 2. The van der Waals surface area contributed by atoms with Crippen LogP contribution in [-0.4, -0.2) is 39.6 Å².